The molecule has 1 amide bonds. The summed E-state index contributed by atoms with van der Waals surface area (Å²) >= 11 is 0. The molecular formula is C15H20NO3-. The molecule has 1 aromatic rings. The minimum Gasteiger partial charge on any atom is -0.550 e. The third-order valence-electron chi connectivity index (χ3n) is 3.11. The molecule has 4 heteroatoms. The molecule has 1 rings (SSSR count). The Labute approximate surface area is 113 Å². The van der Waals surface area contributed by atoms with Crippen LogP contribution in [-0.4, -0.2) is 11.9 Å². The SMILES string of the molecule is CCC[C@H](CCC(=O)Nc1ccccc1C)C(=O)[O-]. The average Bonchev–Trinajstić information content (AvgIpc) is 2.37. The molecule has 0 aliphatic carbocycles. The molecule has 0 bridgehead atoms. The molecule has 0 spiro atoms. The molecule has 104 valence electrons. The van der Waals surface area contributed by atoms with Crippen molar-refractivity contribution < 1.29 is 14.7 Å². The fraction of sp³-hybridized carbons (Fsp3) is 0.467. The van der Waals surface area contributed by atoms with Crippen LogP contribution in [0.5, 0.6) is 0 Å². The largest absolute Gasteiger partial charge is 0.550 e. The van der Waals surface area contributed by atoms with Crippen molar-refractivity contribution in [3.63, 3.8) is 0 Å². The summed E-state index contributed by atoms with van der Waals surface area (Å²) in [5.74, 6) is -1.75. The van der Waals surface area contributed by atoms with Gasteiger partial charge in [0.15, 0.2) is 0 Å². The molecule has 4 nitrogen and oxygen atoms in total. The van der Waals surface area contributed by atoms with E-state index in [0.717, 1.165) is 17.7 Å². The van der Waals surface area contributed by atoms with Gasteiger partial charge in [-0.3, -0.25) is 4.79 Å². The zero-order chi connectivity index (χ0) is 14.3. The lowest BCUT2D eigenvalue weighted by Crippen LogP contribution is -2.32. The van der Waals surface area contributed by atoms with Crippen LogP contribution in [0, 0.1) is 12.8 Å². The van der Waals surface area contributed by atoms with Crippen LogP contribution >= 0.6 is 0 Å². The van der Waals surface area contributed by atoms with Crippen LogP contribution in [0.15, 0.2) is 24.3 Å². The molecule has 0 saturated heterocycles. The van der Waals surface area contributed by atoms with E-state index >= 15 is 0 Å². The first-order valence-corrected chi connectivity index (χ1v) is 6.61. The van der Waals surface area contributed by atoms with Gasteiger partial charge >= 0.3 is 0 Å². The molecule has 0 radical (unpaired) electrons. The smallest absolute Gasteiger partial charge is 0.224 e. The van der Waals surface area contributed by atoms with Gasteiger partial charge in [0.2, 0.25) is 5.91 Å². The highest BCUT2D eigenvalue weighted by atomic mass is 16.4. The topological polar surface area (TPSA) is 69.2 Å². The third-order valence-corrected chi connectivity index (χ3v) is 3.11. The standard InChI is InChI=1S/C15H21NO3/c1-3-6-12(15(18)19)9-10-14(17)16-13-8-5-4-7-11(13)2/h4-5,7-8,12H,3,6,9-10H2,1-2H3,(H,16,17)(H,18,19)/p-1/t12-/m1/s1. The van der Waals surface area contributed by atoms with Crippen molar-refractivity contribution in [3.8, 4) is 0 Å². The number of aliphatic carboxylic acids is 1. The number of anilines is 1. The highest BCUT2D eigenvalue weighted by Gasteiger charge is 2.12. The molecule has 0 unspecified atom stereocenters. The number of nitrogens with one attached hydrogen (secondary N) is 1. The maximum Gasteiger partial charge on any atom is 0.224 e. The normalized spacial score (nSPS) is 11.9. The quantitative estimate of drug-likeness (QED) is 0.815. The summed E-state index contributed by atoms with van der Waals surface area (Å²) in [5, 5.41) is 13.7. The van der Waals surface area contributed by atoms with Crippen LogP contribution in [0.1, 0.15) is 38.2 Å². The van der Waals surface area contributed by atoms with Gasteiger partial charge in [-0.2, -0.15) is 0 Å². The molecule has 0 aromatic heterocycles. The van der Waals surface area contributed by atoms with Crippen molar-refractivity contribution >= 4 is 17.6 Å². The lowest BCUT2D eigenvalue weighted by atomic mass is 9.98. The molecule has 1 atom stereocenters. The number of rotatable bonds is 7. The summed E-state index contributed by atoms with van der Waals surface area (Å²) in [6, 6.07) is 7.49. The van der Waals surface area contributed by atoms with E-state index in [1.165, 1.54) is 0 Å². The fourth-order valence-electron chi connectivity index (χ4n) is 1.96. The van der Waals surface area contributed by atoms with Gasteiger partial charge in [-0.25, -0.2) is 0 Å². The molecule has 19 heavy (non-hydrogen) atoms. The molecule has 1 N–H and O–H groups in total. The summed E-state index contributed by atoms with van der Waals surface area (Å²) in [4.78, 5) is 22.6. The number of aryl methyl sites for hydroxylation is 1. The third kappa shape index (κ3) is 5.12. The maximum absolute atomic E-state index is 11.8. The van der Waals surface area contributed by atoms with Crippen molar-refractivity contribution in [2.75, 3.05) is 5.32 Å². The number of hydrogen-bond donors (Lipinski definition) is 1. The van der Waals surface area contributed by atoms with Crippen LogP contribution in [0.25, 0.3) is 0 Å². The fourth-order valence-corrected chi connectivity index (χ4v) is 1.96. The summed E-state index contributed by atoms with van der Waals surface area (Å²) in [6.45, 7) is 3.83. The number of para-hydroxylation sites is 1. The van der Waals surface area contributed by atoms with Gasteiger partial charge in [0, 0.05) is 18.1 Å². The molecular weight excluding hydrogens is 242 g/mol. The summed E-state index contributed by atoms with van der Waals surface area (Å²) < 4.78 is 0. The zero-order valence-electron chi connectivity index (χ0n) is 11.4. The Kier molecular flexibility index (Phi) is 6.06. The van der Waals surface area contributed by atoms with Crippen LogP contribution in [0.2, 0.25) is 0 Å². The summed E-state index contributed by atoms with van der Waals surface area (Å²) in [7, 11) is 0. The van der Waals surface area contributed by atoms with E-state index in [1.807, 2.05) is 38.1 Å². The maximum atomic E-state index is 11.8. The minimum absolute atomic E-state index is 0.156. The van der Waals surface area contributed by atoms with Crippen molar-refractivity contribution in [1.82, 2.24) is 0 Å². The lowest BCUT2D eigenvalue weighted by molar-refractivity contribution is -0.312. The van der Waals surface area contributed by atoms with E-state index in [9.17, 15) is 14.7 Å². The van der Waals surface area contributed by atoms with E-state index in [0.29, 0.717) is 12.8 Å². The number of hydrogen-bond acceptors (Lipinski definition) is 3. The summed E-state index contributed by atoms with van der Waals surface area (Å²) in [5.41, 5.74) is 1.76. The predicted octanol–water partition coefficient (Wildman–Crippen LogP) is 1.88. The highest BCUT2D eigenvalue weighted by Crippen LogP contribution is 2.16. The van der Waals surface area contributed by atoms with Crippen molar-refractivity contribution in [3.05, 3.63) is 29.8 Å². The van der Waals surface area contributed by atoms with Crippen molar-refractivity contribution in [1.29, 1.82) is 0 Å². The minimum atomic E-state index is -1.06. The van der Waals surface area contributed by atoms with Gasteiger partial charge in [0.05, 0.1) is 0 Å². The second-order valence-corrected chi connectivity index (χ2v) is 4.71. The van der Waals surface area contributed by atoms with E-state index in [-0.39, 0.29) is 12.3 Å². The van der Waals surface area contributed by atoms with Gasteiger partial charge in [0.25, 0.3) is 0 Å². The molecule has 1 aromatic carbocycles. The van der Waals surface area contributed by atoms with Crippen LogP contribution in [0.3, 0.4) is 0 Å². The van der Waals surface area contributed by atoms with Crippen molar-refractivity contribution in [2.45, 2.75) is 39.5 Å². The lowest BCUT2D eigenvalue weighted by Gasteiger charge is -2.16. The number of carboxylic acids is 1. The Bertz CT molecular complexity index is 443. The molecule has 0 aliphatic heterocycles. The van der Waals surface area contributed by atoms with Crippen LogP contribution in [0.4, 0.5) is 5.69 Å². The van der Waals surface area contributed by atoms with Crippen molar-refractivity contribution in [2.24, 2.45) is 5.92 Å². The van der Waals surface area contributed by atoms with Gasteiger partial charge in [-0.1, -0.05) is 31.5 Å². The molecule has 0 aliphatic rings. The first-order chi connectivity index (χ1) is 9.04. The van der Waals surface area contributed by atoms with Gasteiger partial charge in [-0.05, 0) is 37.3 Å². The Balaban J connectivity index is 2.47. The number of carboxylic acid groups (broad SMARTS) is 1. The van der Waals surface area contributed by atoms with Crippen LogP contribution < -0.4 is 10.4 Å². The highest BCUT2D eigenvalue weighted by molar-refractivity contribution is 5.91. The zero-order valence-corrected chi connectivity index (χ0v) is 11.4. The van der Waals surface area contributed by atoms with E-state index < -0.39 is 11.9 Å². The second-order valence-electron chi connectivity index (χ2n) is 4.71. The Hall–Kier alpha value is -1.84. The number of carbonyl (C=O) groups is 2. The van der Waals surface area contributed by atoms with Gasteiger partial charge in [-0.15, -0.1) is 0 Å². The number of benzene rings is 1. The van der Waals surface area contributed by atoms with Crippen LogP contribution in [-0.2, 0) is 9.59 Å². The predicted molar refractivity (Wildman–Crippen MR) is 72.4 cm³/mol. The summed E-state index contributed by atoms with van der Waals surface area (Å²) in [6.07, 6.45) is 1.86. The van der Waals surface area contributed by atoms with E-state index in [2.05, 4.69) is 5.32 Å². The Morgan fingerprint density at radius 1 is 1.26 bits per heavy atom. The van der Waals surface area contributed by atoms with Gasteiger partial charge in [0.1, 0.15) is 0 Å². The Morgan fingerprint density at radius 3 is 2.53 bits per heavy atom. The molecule has 0 heterocycles. The Morgan fingerprint density at radius 2 is 1.95 bits per heavy atom. The average molecular weight is 262 g/mol. The molecule has 0 saturated carbocycles. The van der Waals surface area contributed by atoms with E-state index in [4.69, 9.17) is 0 Å². The first kappa shape index (κ1) is 15.2. The second kappa shape index (κ2) is 7.56. The molecule has 0 fully saturated rings. The van der Waals surface area contributed by atoms with E-state index in [1.54, 1.807) is 0 Å². The first-order valence-electron chi connectivity index (χ1n) is 6.61. The monoisotopic (exact) mass is 262 g/mol. The number of carbonyl (C=O) groups excluding carboxylic acids is 2. The van der Waals surface area contributed by atoms with Gasteiger partial charge < -0.3 is 15.2 Å². The number of amides is 1.